The van der Waals surface area contributed by atoms with Crippen molar-refractivity contribution >= 4 is 11.8 Å². The molecule has 6 nitrogen and oxygen atoms in total. The van der Waals surface area contributed by atoms with Crippen LogP contribution >= 0.6 is 0 Å². The minimum absolute atomic E-state index is 0.165. The molecule has 0 heterocycles. The quantitative estimate of drug-likeness (QED) is 0.663. The van der Waals surface area contributed by atoms with Crippen LogP contribution in [0.1, 0.15) is 39.2 Å². The Kier molecular flexibility index (Phi) is 8.55. The fourth-order valence-electron chi connectivity index (χ4n) is 2.46. The van der Waals surface area contributed by atoms with Crippen molar-refractivity contribution in [3.8, 4) is 5.75 Å². The van der Waals surface area contributed by atoms with E-state index >= 15 is 0 Å². The summed E-state index contributed by atoms with van der Waals surface area (Å²) in [6.45, 7) is 8.72. The van der Waals surface area contributed by atoms with Crippen molar-refractivity contribution in [2.45, 2.75) is 52.2 Å². The summed E-state index contributed by atoms with van der Waals surface area (Å²) < 4.78 is 15.8. The molecule has 1 atom stereocenters. The van der Waals surface area contributed by atoms with E-state index in [4.69, 9.17) is 14.2 Å². The van der Waals surface area contributed by atoms with Crippen LogP contribution in [0.2, 0.25) is 0 Å². The van der Waals surface area contributed by atoms with Crippen molar-refractivity contribution in [3.63, 3.8) is 0 Å². The molecule has 1 aromatic carbocycles. The van der Waals surface area contributed by atoms with E-state index in [-0.39, 0.29) is 12.1 Å². The lowest BCUT2D eigenvalue weighted by Crippen LogP contribution is -2.33. The predicted octanol–water partition coefficient (Wildman–Crippen LogP) is 3.74. The number of benzene rings is 1. The third-order valence-corrected chi connectivity index (χ3v) is 3.53. The molecule has 25 heavy (non-hydrogen) atoms. The van der Waals surface area contributed by atoms with Crippen molar-refractivity contribution in [2.24, 2.45) is 0 Å². The molecule has 142 valence electrons. The molecule has 0 radical (unpaired) electrons. The summed E-state index contributed by atoms with van der Waals surface area (Å²) in [5.41, 5.74) is 1.63. The van der Waals surface area contributed by atoms with Crippen molar-refractivity contribution in [1.29, 1.82) is 0 Å². The first kappa shape index (κ1) is 21.1. The Labute approximate surface area is 151 Å². The van der Waals surface area contributed by atoms with Crippen molar-refractivity contribution in [3.05, 3.63) is 23.8 Å². The van der Waals surface area contributed by atoms with Crippen LogP contribution < -0.4 is 15.4 Å². The van der Waals surface area contributed by atoms with Crippen LogP contribution in [0.3, 0.4) is 0 Å². The number of alkyl carbamates (subject to hydrolysis) is 1. The summed E-state index contributed by atoms with van der Waals surface area (Å²) in [5.74, 6) is 0.871. The lowest BCUT2D eigenvalue weighted by molar-refractivity contribution is 0.0526. The zero-order chi connectivity index (χ0) is 18.9. The molecule has 1 aromatic rings. The van der Waals surface area contributed by atoms with Gasteiger partial charge in [-0.25, -0.2) is 4.79 Å². The first-order valence-corrected chi connectivity index (χ1v) is 8.62. The topological polar surface area (TPSA) is 68.8 Å². The second kappa shape index (κ2) is 10.1. The monoisotopic (exact) mass is 352 g/mol. The zero-order valence-corrected chi connectivity index (χ0v) is 16.3. The molecule has 0 spiro atoms. The largest absolute Gasteiger partial charge is 0.496 e. The third kappa shape index (κ3) is 8.63. The van der Waals surface area contributed by atoms with Gasteiger partial charge >= 0.3 is 6.09 Å². The van der Waals surface area contributed by atoms with Crippen LogP contribution in [0, 0.1) is 6.92 Å². The van der Waals surface area contributed by atoms with Gasteiger partial charge in [-0.1, -0.05) is 0 Å². The molecule has 0 saturated carbocycles. The third-order valence-electron chi connectivity index (χ3n) is 3.53. The standard InChI is InChI=1S/C19H32N2O4/c1-14-12-15(9-10-17(14)24-6)21-16(13-23-5)8-7-11-20-18(22)25-19(2,3)4/h9-10,12,16,21H,7-8,11,13H2,1-6H3,(H,20,22). The molecule has 1 unspecified atom stereocenters. The van der Waals surface area contributed by atoms with E-state index in [0.29, 0.717) is 13.2 Å². The number of ether oxygens (including phenoxy) is 3. The highest BCUT2D eigenvalue weighted by molar-refractivity contribution is 5.67. The van der Waals surface area contributed by atoms with E-state index in [9.17, 15) is 4.79 Å². The first-order valence-electron chi connectivity index (χ1n) is 8.62. The van der Waals surface area contributed by atoms with Crippen molar-refractivity contribution in [1.82, 2.24) is 5.32 Å². The van der Waals surface area contributed by atoms with Gasteiger partial charge in [-0.05, 0) is 64.3 Å². The average molecular weight is 352 g/mol. The Morgan fingerprint density at radius 2 is 1.96 bits per heavy atom. The van der Waals surface area contributed by atoms with Gasteiger partial charge in [0.15, 0.2) is 0 Å². The van der Waals surface area contributed by atoms with E-state index in [1.54, 1.807) is 14.2 Å². The number of aryl methyl sites for hydroxylation is 1. The molecule has 1 amide bonds. The van der Waals surface area contributed by atoms with Gasteiger partial charge in [0, 0.05) is 25.4 Å². The van der Waals surface area contributed by atoms with Crippen LogP contribution in [0.25, 0.3) is 0 Å². The number of carbonyl (C=O) groups excluding carboxylic acids is 1. The summed E-state index contributed by atoms with van der Waals surface area (Å²) in [4.78, 5) is 11.6. The highest BCUT2D eigenvalue weighted by atomic mass is 16.6. The molecule has 0 aliphatic rings. The summed E-state index contributed by atoms with van der Waals surface area (Å²) in [5, 5.41) is 6.25. The van der Waals surface area contributed by atoms with Gasteiger partial charge < -0.3 is 24.8 Å². The first-order chi connectivity index (χ1) is 11.7. The normalized spacial score (nSPS) is 12.4. The van der Waals surface area contributed by atoms with E-state index in [2.05, 4.69) is 16.7 Å². The molecule has 6 heteroatoms. The number of carbonyl (C=O) groups is 1. The molecule has 0 aliphatic heterocycles. The molecular weight excluding hydrogens is 320 g/mol. The lowest BCUT2D eigenvalue weighted by atomic mass is 10.1. The molecule has 0 aromatic heterocycles. The van der Waals surface area contributed by atoms with Crippen LogP contribution in [0.5, 0.6) is 5.75 Å². The van der Waals surface area contributed by atoms with E-state index in [1.807, 2.05) is 39.8 Å². The molecule has 0 fully saturated rings. The van der Waals surface area contributed by atoms with Crippen LogP contribution in [-0.4, -0.2) is 45.1 Å². The maximum Gasteiger partial charge on any atom is 0.407 e. The predicted molar refractivity (Wildman–Crippen MR) is 100 cm³/mol. The highest BCUT2D eigenvalue weighted by Gasteiger charge is 2.16. The lowest BCUT2D eigenvalue weighted by Gasteiger charge is -2.21. The fraction of sp³-hybridized carbons (Fsp3) is 0.632. The maximum atomic E-state index is 11.6. The number of hydrogen-bond donors (Lipinski definition) is 2. The zero-order valence-electron chi connectivity index (χ0n) is 16.3. The number of rotatable bonds is 9. The Balaban J connectivity index is 2.44. The van der Waals surface area contributed by atoms with Gasteiger partial charge in [0.2, 0.25) is 0 Å². The van der Waals surface area contributed by atoms with Gasteiger partial charge in [-0.3, -0.25) is 0 Å². The second-order valence-corrected chi connectivity index (χ2v) is 7.05. The van der Waals surface area contributed by atoms with Gasteiger partial charge in [-0.15, -0.1) is 0 Å². The van der Waals surface area contributed by atoms with E-state index < -0.39 is 5.60 Å². The SMILES string of the molecule is COCC(CCCNC(=O)OC(C)(C)C)Nc1ccc(OC)c(C)c1. The molecule has 1 rings (SSSR count). The number of methoxy groups -OCH3 is 2. The van der Waals surface area contributed by atoms with Gasteiger partial charge in [-0.2, -0.15) is 0 Å². The van der Waals surface area contributed by atoms with Gasteiger partial charge in [0.05, 0.1) is 13.7 Å². The fourth-order valence-corrected chi connectivity index (χ4v) is 2.46. The van der Waals surface area contributed by atoms with Crippen LogP contribution in [0.4, 0.5) is 10.5 Å². The van der Waals surface area contributed by atoms with Crippen molar-refractivity contribution < 1.29 is 19.0 Å². The number of amides is 1. The Bertz CT molecular complexity index is 541. The smallest absolute Gasteiger partial charge is 0.407 e. The van der Waals surface area contributed by atoms with E-state index in [1.165, 1.54) is 0 Å². The second-order valence-electron chi connectivity index (χ2n) is 7.05. The summed E-state index contributed by atoms with van der Waals surface area (Å²) in [6, 6.07) is 6.16. The number of nitrogens with one attached hydrogen (secondary N) is 2. The minimum atomic E-state index is -0.476. The van der Waals surface area contributed by atoms with E-state index in [0.717, 1.165) is 29.8 Å². The average Bonchev–Trinajstić information content (AvgIpc) is 2.50. The molecular formula is C19H32N2O4. The molecule has 0 bridgehead atoms. The number of hydrogen-bond acceptors (Lipinski definition) is 5. The van der Waals surface area contributed by atoms with Crippen LogP contribution in [-0.2, 0) is 9.47 Å². The molecule has 2 N–H and O–H groups in total. The van der Waals surface area contributed by atoms with Crippen LogP contribution in [0.15, 0.2) is 18.2 Å². The van der Waals surface area contributed by atoms with Gasteiger partial charge in [0.1, 0.15) is 11.4 Å². The minimum Gasteiger partial charge on any atom is -0.496 e. The Hall–Kier alpha value is -1.95. The summed E-state index contributed by atoms with van der Waals surface area (Å²) in [6.07, 6.45) is 1.32. The molecule has 0 aliphatic carbocycles. The number of anilines is 1. The highest BCUT2D eigenvalue weighted by Crippen LogP contribution is 2.22. The molecule has 0 saturated heterocycles. The van der Waals surface area contributed by atoms with Gasteiger partial charge in [0.25, 0.3) is 0 Å². The van der Waals surface area contributed by atoms with Crippen molar-refractivity contribution in [2.75, 3.05) is 32.7 Å². The summed E-state index contributed by atoms with van der Waals surface area (Å²) in [7, 11) is 3.35. The summed E-state index contributed by atoms with van der Waals surface area (Å²) >= 11 is 0. The maximum absolute atomic E-state index is 11.6. The Morgan fingerprint density at radius 1 is 1.24 bits per heavy atom. The Morgan fingerprint density at radius 3 is 2.52 bits per heavy atom.